The molecule has 2 aromatic carbocycles. The second-order valence-electron chi connectivity index (χ2n) is 15.0. The lowest BCUT2D eigenvalue weighted by molar-refractivity contribution is -0.144. The molecule has 0 saturated carbocycles. The third-order valence-electron chi connectivity index (χ3n) is 9.91. The van der Waals surface area contributed by atoms with E-state index in [9.17, 15) is 28.8 Å². The van der Waals surface area contributed by atoms with Gasteiger partial charge >= 0.3 is 6.09 Å². The van der Waals surface area contributed by atoms with Crippen LogP contribution in [0.4, 0.5) is 4.79 Å². The van der Waals surface area contributed by atoms with Gasteiger partial charge in [0.2, 0.25) is 29.5 Å². The Labute approximate surface area is 376 Å². The van der Waals surface area contributed by atoms with Crippen molar-refractivity contribution in [3.63, 3.8) is 0 Å². The maximum absolute atomic E-state index is 12.9. The molecule has 0 radical (unpaired) electrons. The van der Waals surface area contributed by atoms with Crippen molar-refractivity contribution in [2.45, 2.75) is 5.92 Å². The van der Waals surface area contributed by atoms with Crippen LogP contribution in [0.25, 0.3) is 11.1 Å². The fourth-order valence-corrected chi connectivity index (χ4v) is 6.23. The number of nitrogens with one attached hydrogen (secondary N) is 1. The summed E-state index contributed by atoms with van der Waals surface area (Å²) in [6.07, 6.45) is -0.679. The van der Waals surface area contributed by atoms with Crippen LogP contribution in [0.3, 0.4) is 0 Å². The van der Waals surface area contributed by atoms with Crippen LogP contribution in [0.1, 0.15) is 17.0 Å². The third kappa shape index (κ3) is 19.3. The van der Waals surface area contributed by atoms with Crippen LogP contribution in [-0.4, -0.2) is 227 Å². The number of nitrogens with two attached hydrogens (primary N) is 1. The Balaban J connectivity index is 1.20. The molecule has 0 unspecified atom stereocenters. The van der Waals surface area contributed by atoms with Crippen molar-refractivity contribution in [3.05, 3.63) is 59.7 Å². The highest BCUT2D eigenvalue weighted by atomic mass is 16.6. The van der Waals surface area contributed by atoms with Gasteiger partial charge in [0.25, 0.3) is 0 Å². The second kappa shape index (κ2) is 30.0. The SMILES string of the molecule is CN(CC(=O)NCCOCCOCCOCCOCCOCCOCCN)C(=O)CN(C)C(=O)CN(C)C(=O)CN(C)C(=O)CN(C)C(=O)OCC1c2ccccc2-c2ccccc21. The van der Waals surface area contributed by atoms with Crippen LogP contribution < -0.4 is 11.1 Å². The van der Waals surface area contributed by atoms with Gasteiger partial charge in [0.05, 0.1) is 105 Å². The molecule has 3 N–H and O–H groups in total. The molecule has 356 valence electrons. The van der Waals surface area contributed by atoms with Gasteiger partial charge < -0.3 is 68.7 Å². The van der Waals surface area contributed by atoms with Crippen molar-refractivity contribution in [2.75, 3.05) is 167 Å². The molecule has 0 aromatic heterocycles. The van der Waals surface area contributed by atoms with E-state index in [0.29, 0.717) is 79.2 Å². The van der Waals surface area contributed by atoms with E-state index in [2.05, 4.69) is 5.32 Å². The highest BCUT2D eigenvalue weighted by Gasteiger charge is 2.30. The molecule has 3 rings (SSSR count). The fraction of sp³-hybridized carbons (Fsp3) is 0.591. The molecule has 1 aliphatic carbocycles. The van der Waals surface area contributed by atoms with Gasteiger partial charge in [-0.05, 0) is 22.3 Å². The lowest BCUT2D eigenvalue weighted by Crippen LogP contribution is -2.48. The summed E-state index contributed by atoms with van der Waals surface area (Å²) in [7, 11) is 7.12. The Bertz CT molecular complexity index is 1720. The summed E-state index contributed by atoms with van der Waals surface area (Å²) < 4.78 is 38.0. The van der Waals surface area contributed by atoms with Crippen molar-refractivity contribution in [1.29, 1.82) is 0 Å². The van der Waals surface area contributed by atoms with Crippen molar-refractivity contribution in [3.8, 4) is 11.1 Å². The standard InChI is InChI=1S/C44H67N7O13/c1-47(28-39(52)46-15-17-59-19-21-61-23-25-63-27-26-62-24-22-60-20-18-58-16-14-45)40(53)29-48(2)41(54)30-49(3)42(55)31-50(4)43(56)32-51(5)44(57)64-33-38-36-12-8-6-10-34(36)35-11-7-9-13-37(35)38/h6-13,38H,14-33,45H2,1-5H3,(H,46,52). The molecule has 0 fully saturated rings. The van der Waals surface area contributed by atoms with Crippen molar-refractivity contribution in [2.24, 2.45) is 5.73 Å². The number of carbonyl (C=O) groups is 6. The molecule has 0 heterocycles. The van der Waals surface area contributed by atoms with E-state index in [-0.39, 0.29) is 58.4 Å². The first kappa shape index (κ1) is 53.1. The van der Waals surface area contributed by atoms with E-state index in [1.807, 2.05) is 48.5 Å². The summed E-state index contributed by atoms with van der Waals surface area (Å²) in [5, 5.41) is 2.67. The molecule has 0 saturated heterocycles. The van der Waals surface area contributed by atoms with Gasteiger partial charge in [0, 0.05) is 54.2 Å². The molecule has 64 heavy (non-hydrogen) atoms. The average Bonchev–Trinajstić information content (AvgIpc) is 3.60. The number of likely N-dealkylation sites (N-methyl/N-ethyl adjacent to an activating group) is 5. The zero-order chi connectivity index (χ0) is 46.7. The zero-order valence-electron chi connectivity index (χ0n) is 38.0. The number of rotatable bonds is 32. The molecular formula is C44H67N7O13. The number of ether oxygens (including phenoxy) is 7. The van der Waals surface area contributed by atoms with Crippen LogP contribution in [0.15, 0.2) is 48.5 Å². The molecule has 0 aliphatic heterocycles. The topological polar surface area (TPSA) is 221 Å². The van der Waals surface area contributed by atoms with E-state index in [1.165, 1.54) is 40.1 Å². The lowest BCUT2D eigenvalue weighted by Gasteiger charge is -2.26. The van der Waals surface area contributed by atoms with E-state index >= 15 is 0 Å². The van der Waals surface area contributed by atoms with Crippen molar-refractivity contribution >= 4 is 35.6 Å². The van der Waals surface area contributed by atoms with E-state index < -0.39 is 35.6 Å². The average molecular weight is 902 g/mol. The number of nitrogens with zero attached hydrogens (tertiary/aromatic N) is 5. The molecule has 20 heteroatoms. The Morgan fingerprint density at radius 3 is 1.23 bits per heavy atom. The maximum Gasteiger partial charge on any atom is 0.409 e. The Hall–Kier alpha value is -5.22. The number of hydrogen-bond donors (Lipinski definition) is 2. The summed E-state index contributed by atoms with van der Waals surface area (Å²) in [4.78, 5) is 82.5. The quantitative estimate of drug-likeness (QED) is 0.0915. The van der Waals surface area contributed by atoms with Gasteiger partial charge in [0.1, 0.15) is 13.2 Å². The summed E-state index contributed by atoms with van der Waals surface area (Å²) in [5.41, 5.74) is 9.67. The van der Waals surface area contributed by atoms with E-state index in [0.717, 1.165) is 41.9 Å². The monoisotopic (exact) mass is 901 g/mol. The Morgan fingerprint density at radius 2 is 0.828 bits per heavy atom. The number of carbonyl (C=O) groups excluding carboxylic acids is 6. The Morgan fingerprint density at radius 1 is 0.484 bits per heavy atom. The molecule has 0 bridgehead atoms. The highest BCUT2D eigenvalue weighted by Crippen LogP contribution is 2.44. The zero-order valence-corrected chi connectivity index (χ0v) is 38.0. The number of fused-ring (bicyclic) bond motifs is 3. The molecule has 0 spiro atoms. The molecule has 20 nitrogen and oxygen atoms in total. The summed E-state index contributed by atoms with van der Waals surface area (Å²) in [5.74, 6) is -2.58. The van der Waals surface area contributed by atoms with Crippen LogP contribution in [0, 0.1) is 0 Å². The van der Waals surface area contributed by atoms with Gasteiger partial charge in [-0.25, -0.2) is 4.79 Å². The van der Waals surface area contributed by atoms with E-state index in [1.54, 1.807) is 0 Å². The van der Waals surface area contributed by atoms with Crippen molar-refractivity contribution in [1.82, 2.24) is 29.8 Å². The molecule has 0 atom stereocenters. The van der Waals surface area contributed by atoms with Crippen LogP contribution in [0.2, 0.25) is 0 Å². The minimum absolute atomic E-state index is 0.0986. The first-order valence-electron chi connectivity index (χ1n) is 21.3. The lowest BCUT2D eigenvalue weighted by atomic mass is 9.98. The molecule has 2 aromatic rings. The second-order valence-corrected chi connectivity index (χ2v) is 15.0. The van der Waals surface area contributed by atoms with Crippen LogP contribution in [0.5, 0.6) is 0 Å². The first-order chi connectivity index (χ1) is 30.8. The number of benzene rings is 2. The first-order valence-corrected chi connectivity index (χ1v) is 21.3. The summed E-state index contributed by atoms with van der Waals surface area (Å²) >= 11 is 0. The molecule has 6 amide bonds. The minimum atomic E-state index is -0.679. The predicted octanol–water partition coefficient (Wildman–Crippen LogP) is -0.125. The summed E-state index contributed by atoms with van der Waals surface area (Å²) in [6, 6.07) is 15.9. The van der Waals surface area contributed by atoms with Crippen LogP contribution >= 0.6 is 0 Å². The van der Waals surface area contributed by atoms with E-state index in [4.69, 9.17) is 38.9 Å². The van der Waals surface area contributed by atoms with Gasteiger partial charge in [0.15, 0.2) is 0 Å². The number of hydrogen-bond acceptors (Lipinski definition) is 14. The fourth-order valence-electron chi connectivity index (χ4n) is 6.23. The van der Waals surface area contributed by atoms with Gasteiger partial charge in [-0.15, -0.1) is 0 Å². The van der Waals surface area contributed by atoms with Crippen molar-refractivity contribution < 1.29 is 61.9 Å². The molecular weight excluding hydrogens is 835 g/mol. The third-order valence-corrected chi connectivity index (χ3v) is 9.91. The minimum Gasteiger partial charge on any atom is -0.448 e. The maximum atomic E-state index is 12.9. The predicted molar refractivity (Wildman–Crippen MR) is 235 cm³/mol. The number of amides is 6. The normalized spacial score (nSPS) is 11.7. The van der Waals surface area contributed by atoms with Gasteiger partial charge in [-0.1, -0.05) is 48.5 Å². The smallest absolute Gasteiger partial charge is 0.409 e. The van der Waals surface area contributed by atoms with Gasteiger partial charge in [-0.3, -0.25) is 24.0 Å². The largest absolute Gasteiger partial charge is 0.448 e. The Kier molecular flexibility index (Phi) is 24.9. The van der Waals surface area contributed by atoms with Gasteiger partial charge in [-0.2, -0.15) is 0 Å². The van der Waals surface area contributed by atoms with Crippen LogP contribution in [-0.2, 0) is 57.1 Å². The molecule has 1 aliphatic rings. The summed E-state index contributed by atoms with van der Waals surface area (Å²) in [6.45, 7) is 4.35. The highest BCUT2D eigenvalue weighted by molar-refractivity contribution is 5.91.